The van der Waals surface area contributed by atoms with Crippen molar-refractivity contribution < 1.29 is 10.0 Å². The Hall–Kier alpha value is -1.82. The van der Waals surface area contributed by atoms with E-state index in [9.17, 15) is 15.2 Å². The Morgan fingerprint density at radius 1 is 1.50 bits per heavy atom. The molecule has 1 aromatic rings. The molecule has 0 amide bonds. The van der Waals surface area contributed by atoms with Crippen LogP contribution in [0, 0.1) is 16.0 Å². The van der Waals surface area contributed by atoms with Crippen molar-refractivity contribution in [2.24, 2.45) is 5.92 Å². The fourth-order valence-corrected chi connectivity index (χ4v) is 1.68. The number of non-ortho nitro benzene ring substituents is 1. The molecule has 0 saturated heterocycles. The molecule has 1 aromatic carbocycles. The van der Waals surface area contributed by atoms with Crippen LogP contribution < -0.4 is 11.1 Å². The lowest BCUT2D eigenvalue weighted by Crippen LogP contribution is -2.21. The van der Waals surface area contributed by atoms with Crippen molar-refractivity contribution in [1.82, 2.24) is 0 Å². The summed E-state index contributed by atoms with van der Waals surface area (Å²) >= 11 is 0. The molecular weight excluding hydrogens is 234 g/mol. The fraction of sp³-hybridized carbons (Fsp3) is 0.500. The van der Waals surface area contributed by atoms with E-state index < -0.39 is 11.0 Å². The van der Waals surface area contributed by atoms with Crippen LogP contribution in [0.1, 0.15) is 20.3 Å². The van der Waals surface area contributed by atoms with Crippen molar-refractivity contribution in [3.05, 3.63) is 28.3 Å². The lowest BCUT2D eigenvalue weighted by molar-refractivity contribution is -0.384. The zero-order valence-corrected chi connectivity index (χ0v) is 10.6. The third-order valence-corrected chi connectivity index (χ3v) is 2.52. The molecule has 0 saturated carbocycles. The number of nitrogens with two attached hydrogens (primary N) is 1. The summed E-state index contributed by atoms with van der Waals surface area (Å²) in [4.78, 5) is 10.0. The number of hydrogen-bond donors (Lipinski definition) is 3. The second-order valence-corrected chi connectivity index (χ2v) is 4.69. The first kappa shape index (κ1) is 14.2. The molecule has 1 atom stereocenters. The molecule has 0 radical (unpaired) electrons. The van der Waals surface area contributed by atoms with Crippen molar-refractivity contribution in [2.75, 3.05) is 17.6 Å². The first-order chi connectivity index (χ1) is 8.40. The smallest absolute Gasteiger partial charge is 0.271 e. The maximum Gasteiger partial charge on any atom is 0.271 e. The number of nitro groups is 1. The third kappa shape index (κ3) is 4.21. The van der Waals surface area contributed by atoms with Crippen molar-refractivity contribution in [3.8, 4) is 0 Å². The van der Waals surface area contributed by atoms with E-state index in [0.29, 0.717) is 30.3 Å². The largest absolute Gasteiger partial charge is 0.397 e. The molecule has 0 bridgehead atoms. The van der Waals surface area contributed by atoms with E-state index in [-0.39, 0.29) is 5.69 Å². The van der Waals surface area contributed by atoms with E-state index >= 15 is 0 Å². The van der Waals surface area contributed by atoms with Gasteiger partial charge < -0.3 is 16.2 Å². The van der Waals surface area contributed by atoms with Crippen molar-refractivity contribution in [3.63, 3.8) is 0 Å². The fourth-order valence-electron chi connectivity index (χ4n) is 1.68. The molecule has 4 N–H and O–H groups in total. The van der Waals surface area contributed by atoms with Gasteiger partial charge in [0.15, 0.2) is 0 Å². The number of nitrogen functional groups attached to an aromatic ring is 1. The molecule has 0 aromatic heterocycles. The molecule has 0 heterocycles. The van der Waals surface area contributed by atoms with Crippen LogP contribution in [0.5, 0.6) is 0 Å². The molecule has 1 rings (SSSR count). The molecule has 18 heavy (non-hydrogen) atoms. The summed E-state index contributed by atoms with van der Waals surface area (Å²) in [6, 6.07) is 4.24. The van der Waals surface area contributed by atoms with Gasteiger partial charge in [-0.05, 0) is 18.4 Å². The predicted molar refractivity (Wildman–Crippen MR) is 71.5 cm³/mol. The number of aliphatic hydroxyl groups excluding tert-OH is 1. The predicted octanol–water partition coefficient (Wildman–Crippen LogP) is 2.00. The van der Waals surface area contributed by atoms with Crippen molar-refractivity contribution >= 4 is 17.1 Å². The molecule has 100 valence electrons. The Bertz CT molecular complexity index is 421. The molecule has 1 unspecified atom stereocenters. The van der Waals surface area contributed by atoms with Gasteiger partial charge in [-0.3, -0.25) is 10.1 Å². The maximum absolute atomic E-state index is 10.5. The van der Waals surface area contributed by atoms with Gasteiger partial charge in [-0.1, -0.05) is 13.8 Å². The van der Waals surface area contributed by atoms with Gasteiger partial charge in [0.2, 0.25) is 0 Å². The molecule has 6 heteroatoms. The van der Waals surface area contributed by atoms with E-state index in [1.54, 1.807) is 6.07 Å². The second-order valence-electron chi connectivity index (χ2n) is 4.69. The maximum atomic E-state index is 10.5. The number of anilines is 2. The van der Waals surface area contributed by atoms with Crippen molar-refractivity contribution in [2.45, 2.75) is 26.4 Å². The van der Waals surface area contributed by atoms with Gasteiger partial charge in [-0.25, -0.2) is 0 Å². The highest BCUT2D eigenvalue weighted by Crippen LogP contribution is 2.24. The second kappa shape index (κ2) is 6.20. The summed E-state index contributed by atoms with van der Waals surface area (Å²) in [5.41, 5.74) is 6.56. The minimum Gasteiger partial charge on any atom is -0.397 e. The first-order valence-electron chi connectivity index (χ1n) is 5.86. The van der Waals surface area contributed by atoms with Crippen molar-refractivity contribution in [1.29, 1.82) is 0 Å². The highest BCUT2D eigenvalue weighted by Gasteiger charge is 2.10. The van der Waals surface area contributed by atoms with Crippen LogP contribution in [0.2, 0.25) is 0 Å². The summed E-state index contributed by atoms with van der Waals surface area (Å²) in [5, 5.41) is 23.2. The lowest BCUT2D eigenvalue weighted by atomic mass is 10.1. The van der Waals surface area contributed by atoms with Gasteiger partial charge >= 0.3 is 0 Å². The zero-order valence-electron chi connectivity index (χ0n) is 10.6. The Morgan fingerprint density at radius 3 is 2.67 bits per heavy atom. The third-order valence-electron chi connectivity index (χ3n) is 2.52. The average Bonchev–Trinajstić information content (AvgIpc) is 2.26. The molecule has 0 aliphatic carbocycles. The molecule has 0 spiro atoms. The number of aliphatic hydroxyl groups is 1. The summed E-state index contributed by atoms with van der Waals surface area (Å²) < 4.78 is 0. The Morgan fingerprint density at radius 2 is 2.17 bits per heavy atom. The van der Waals surface area contributed by atoms with Gasteiger partial charge in [0.1, 0.15) is 0 Å². The molecule has 0 aliphatic rings. The van der Waals surface area contributed by atoms with Gasteiger partial charge in [-0.2, -0.15) is 0 Å². The topological polar surface area (TPSA) is 101 Å². The molecule has 6 nitrogen and oxygen atoms in total. The molecular formula is C12H19N3O3. The number of nitro benzene ring substituents is 1. The summed E-state index contributed by atoms with van der Waals surface area (Å²) in [5.74, 6) is 0.413. The van der Waals surface area contributed by atoms with E-state index in [1.165, 1.54) is 12.1 Å². The Labute approximate surface area is 106 Å². The summed E-state index contributed by atoms with van der Waals surface area (Å²) in [7, 11) is 0. The highest BCUT2D eigenvalue weighted by atomic mass is 16.6. The standard InChI is InChI=1S/C12H19N3O3/c1-8(2)5-10(16)7-14-12-4-3-9(15(17)18)6-11(12)13/h3-4,6,8,10,14,16H,5,7,13H2,1-2H3. The Kier molecular flexibility index (Phi) is 4.91. The number of rotatable bonds is 6. The van der Waals surface area contributed by atoms with E-state index in [0.717, 1.165) is 0 Å². The van der Waals surface area contributed by atoms with Gasteiger partial charge in [0.25, 0.3) is 5.69 Å². The quantitative estimate of drug-likeness (QED) is 0.409. The van der Waals surface area contributed by atoms with Crippen LogP contribution in [0.15, 0.2) is 18.2 Å². The van der Waals surface area contributed by atoms with E-state index in [4.69, 9.17) is 5.73 Å². The first-order valence-corrected chi connectivity index (χ1v) is 5.86. The number of benzene rings is 1. The molecule has 0 fully saturated rings. The van der Waals surface area contributed by atoms with Gasteiger partial charge in [0.05, 0.1) is 22.4 Å². The van der Waals surface area contributed by atoms with Crippen LogP contribution in [-0.4, -0.2) is 22.7 Å². The monoisotopic (exact) mass is 253 g/mol. The number of hydrogen-bond acceptors (Lipinski definition) is 5. The van der Waals surface area contributed by atoms with Crippen LogP contribution in [0.4, 0.5) is 17.1 Å². The van der Waals surface area contributed by atoms with Crippen LogP contribution in [0.25, 0.3) is 0 Å². The average molecular weight is 253 g/mol. The lowest BCUT2D eigenvalue weighted by Gasteiger charge is -2.15. The summed E-state index contributed by atoms with van der Waals surface area (Å²) in [6.45, 7) is 4.44. The number of nitrogens with zero attached hydrogens (tertiary/aromatic N) is 1. The molecule has 0 aliphatic heterocycles. The normalized spacial score (nSPS) is 12.4. The van der Waals surface area contributed by atoms with E-state index in [1.807, 2.05) is 13.8 Å². The van der Waals surface area contributed by atoms with Gasteiger partial charge in [0, 0.05) is 18.7 Å². The zero-order chi connectivity index (χ0) is 13.7. The summed E-state index contributed by atoms with van der Waals surface area (Å²) in [6.07, 6.45) is 0.236. The Balaban J connectivity index is 2.60. The van der Waals surface area contributed by atoms with Crippen LogP contribution in [-0.2, 0) is 0 Å². The minimum absolute atomic E-state index is 0.0409. The van der Waals surface area contributed by atoms with Crippen LogP contribution >= 0.6 is 0 Å². The SMILES string of the molecule is CC(C)CC(O)CNc1ccc([N+](=O)[O-])cc1N. The van der Waals surface area contributed by atoms with Gasteiger partial charge in [-0.15, -0.1) is 0 Å². The van der Waals surface area contributed by atoms with E-state index in [2.05, 4.69) is 5.32 Å². The minimum atomic E-state index is -0.492. The number of nitrogens with one attached hydrogen (secondary N) is 1. The highest BCUT2D eigenvalue weighted by molar-refractivity contribution is 5.69. The van der Waals surface area contributed by atoms with Crippen LogP contribution in [0.3, 0.4) is 0 Å².